The van der Waals surface area contributed by atoms with Crippen LogP contribution in [0.15, 0.2) is 30.5 Å². The predicted octanol–water partition coefficient (Wildman–Crippen LogP) is 2.16. The molecule has 6 nitrogen and oxygen atoms in total. The number of rotatable bonds is 5. The van der Waals surface area contributed by atoms with Gasteiger partial charge in [-0.1, -0.05) is 6.07 Å². The number of hydrogen-bond donors (Lipinski definition) is 2. The zero-order valence-electron chi connectivity index (χ0n) is 15.5. The molecule has 1 aromatic heterocycles. The van der Waals surface area contributed by atoms with Crippen molar-refractivity contribution in [2.45, 2.75) is 32.4 Å². The Balaban J connectivity index is 1.64. The van der Waals surface area contributed by atoms with Crippen molar-refractivity contribution in [3.05, 3.63) is 64.5 Å². The first-order valence-corrected chi connectivity index (χ1v) is 9.07. The van der Waals surface area contributed by atoms with Crippen molar-refractivity contribution in [1.82, 2.24) is 15.2 Å². The normalized spacial score (nSPS) is 17.3. The maximum atomic E-state index is 13.9. The van der Waals surface area contributed by atoms with Gasteiger partial charge in [0.25, 0.3) is 11.8 Å². The van der Waals surface area contributed by atoms with Crippen LogP contribution in [0.1, 0.15) is 44.8 Å². The van der Waals surface area contributed by atoms with Crippen LogP contribution in [0.5, 0.6) is 0 Å². The van der Waals surface area contributed by atoms with Crippen molar-refractivity contribution in [3.8, 4) is 0 Å². The number of nitrogens with two attached hydrogens (primary N) is 1. The van der Waals surface area contributed by atoms with Gasteiger partial charge in [0.2, 0.25) is 0 Å². The number of likely N-dealkylation sites (tertiary alicyclic amines) is 1. The summed E-state index contributed by atoms with van der Waals surface area (Å²) in [5.74, 6) is -2.09. The molecule has 1 aromatic carbocycles. The number of nitrogens with one attached hydrogen (secondary N) is 1. The molecule has 0 bridgehead atoms. The van der Waals surface area contributed by atoms with Gasteiger partial charge in [-0.15, -0.1) is 0 Å². The summed E-state index contributed by atoms with van der Waals surface area (Å²) in [5, 5.41) is 2.91. The Kier molecular flexibility index (Phi) is 5.99. The van der Waals surface area contributed by atoms with Gasteiger partial charge in [-0.25, -0.2) is 8.78 Å². The monoisotopic (exact) mass is 388 g/mol. The molecule has 0 aliphatic carbocycles. The average molecular weight is 388 g/mol. The molecule has 1 fully saturated rings. The molecule has 2 heterocycles. The lowest BCUT2D eigenvalue weighted by Crippen LogP contribution is -2.47. The van der Waals surface area contributed by atoms with Crippen molar-refractivity contribution in [3.63, 3.8) is 0 Å². The highest BCUT2D eigenvalue weighted by Gasteiger charge is 2.24. The molecule has 8 heteroatoms. The third kappa shape index (κ3) is 4.51. The highest BCUT2D eigenvalue weighted by molar-refractivity contribution is 5.96. The second-order valence-electron chi connectivity index (χ2n) is 7.00. The summed E-state index contributed by atoms with van der Waals surface area (Å²) < 4.78 is 27.8. The zero-order chi connectivity index (χ0) is 20.3. The van der Waals surface area contributed by atoms with Crippen molar-refractivity contribution in [2.75, 3.05) is 13.1 Å². The van der Waals surface area contributed by atoms with E-state index in [0.29, 0.717) is 18.7 Å². The van der Waals surface area contributed by atoms with E-state index in [9.17, 15) is 18.4 Å². The number of benzene rings is 1. The molecular weight excluding hydrogens is 366 g/mol. The summed E-state index contributed by atoms with van der Waals surface area (Å²) >= 11 is 0. The van der Waals surface area contributed by atoms with Crippen molar-refractivity contribution in [1.29, 1.82) is 0 Å². The van der Waals surface area contributed by atoms with Crippen LogP contribution < -0.4 is 11.1 Å². The Hall–Kier alpha value is -2.87. The number of aromatic nitrogens is 1. The lowest BCUT2D eigenvalue weighted by Gasteiger charge is -2.33. The Morgan fingerprint density at radius 3 is 2.68 bits per heavy atom. The molecule has 1 saturated heterocycles. The number of carbonyl (C=O) groups excluding carboxylic acids is 2. The van der Waals surface area contributed by atoms with Gasteiger partial charge in [-0.2, -0.15) is 0 Å². The quantitative estimate of drug-likeness (QED) is 0.822. The molecule has 2 aromatic rings. The molecule has 1 aliphatic heterocycles. The van der Waals surface area contributed by atoms with E-state index in [2.05, 4.69) is 10.3 Å². The molecule has 0 saturated carbocycles. The summed E-state index contributed by atoms with van der Waals surface area (Å²) in [6.07, 6.45) is 2.86. The van der Waals surface area contributed by atoms with E-state index in [0.717, 1.165) is 12.8 Å². The van der Waals surface area contributed by atoms with E-state index >= 15 is 0 Å². The van der Waals surface area contributed by atoms with Gasteiger partial charge >= 0.3 is 0 Å². The first-order chi connectivity index (χ1) is 13.3. The molecule has 2 amide bonds. The number of carbonyl (C=O) groups is 2. The van der Waals surface area contributed by atoms with Crippen LogP contribution in [-0.4, -0.2) is 40.8 Å². The standard InChI is InChI=1S/C20H22F2N4O2/c1-12-8-18(24-9-14(12)19(23)27)20(28)25-13-4-3-7-26(10-13)11-15-16(21)5-2-6-17(15)22/h2,5-6,8-9,13H,3-4,7,10-11H2,1H3,(H2,23,27)(H,25,28). The van der Waals surface area contributed by atoms with Crippen molar-refractivity contribution in [2.24, 2.45) is 5.73 Å². The van der Waals surface area contributed by atoms with Crippen LogP contribution >= 0.6 is 0 Å². The SMILES string of the molecule is Cc1cc(C(=O)NC2CCCN(Cc3c(F)cccc3F)C2)ncc1C(N)=O. The summed E-state index contributed by atoms with van der Waals surface area (Å²) in [6.45, 7) is 3.02. The minimum Gasteiger partial charge on any atom is -0.366 e. The third-order valence-corrected chi connectivity index (χ3v) is 4.89. The first-order valence-electron chi connectivity index (χ1n) is 9.07. The largest absolute Gasteiger partial charge is 0.366 e. The Labute approximate surface area is 161 Å². The number of primary amides is 1. The Bertz CT molecular complexity index is 884. The highest BCUT2D eigenvalue weighted by atomic mass is 19.1. The number of amides is 2. The minimum atomic E-state index is -0.597. The minimum absolute atomic E-state index is 0.0359. The van der Waals surface area contributed by atoms with Gasteiger partial charge < -0.3 is 11.1 Å². The van der Waals surface area contributed by atoms with E-state index in [4.69, 9.17) is 5.73 Å². The van der Waals surface area contributed by atoms with Gasteiger partial charge in [-0.3, -0.25) is 19.5 Å². The van der Waals surface area contributed by atoms with Gasteiger partial charge in [0, 0.05) is 30.9 Å². The number of pyridine rings is 1. The van der Waals surface area contributed by atoms with Crippen LogP contribution in [-0.2, 0) is 6.54 Å². The summed E-state index contributed by atoms with van der Waals surface area (Å²) in [6, 6.07) is 5.18. The van der Waals surface area contributed by atoms with E-state index < -0.39 is 17.5 Å². The lowest BCUT2D eigenvalue weighted by atomic mass is 10.0. The number of halogens is 2. The molecule has 3 rings (SSSR count). The van der Waals surface area contributed by atoms with Crippen LogP contribution in [0.3, 0.4) is 0 Å². The summed E-state index contributed by atoms with van der Waals surface area (Å²) in [7, 11) is 0. The van der Waals surface area contributed by atoms with Gasteiger partial charge in [0.05, 0.1) is 5.56 Å². The van der Waals surface area contributed by atoms with Crippen LogP contribution in [0.4, 0.5) is 8.78 Å². The van der Waals surface area contributed by atoms with E-state index in [1.807, 2.05) is 4.90 Å². The molecule has 0 radical (unpaired) electrons. The smallest absolute Gasteiger partial charge is 0.270 e. The second-order valence-corrected chi connectivity index (χ2v) is 7.00. The zero-order valence-corrected chi connectivity index (χ0v) is 15.5. The fourth-order valence-electron chi connectivity index (χ4n) is 3.42. The number of hydrogen-bond acceptors (Lipinski definition) is 4. The molecule has 1 atom stereocenters. The fraction of sp³-hybridized carbons (Fsp3) is 0.350. The fourth-order valence-corrected chi connectivity index (χ4v) is 3.42. The average Bonchev–Trinajstić information content (AvgIpc) is 2.65. The molecule has 28 heavy (non-hydrogen) atoms. The molecule has 0 spiro atoms. The second kappa shape index (κ2) is 8.43. The Morgan fingerprint density at radius 2 is 2.04 bits per heavy atom. The highest BCUT2D eigenvalue weighted by Crippen LogP contribution is 2.18. The summed E-state index contributed by atoms with van der Waals surface area (Å²) in [5.41, 5.74) is 6.33. The van der Waals surface area contributed by atoms with Gasteiger partial charge in [0.15, 0.2) is 0 Å². The van der Waals surface area contributed by atoms with Crippen molar-refractivity contribution >= 4 is 11.8 Å². The molecular formula is C20H22F2N4O2. The molecule has 148 valence electrons. The lowest BCUT2D eigenvalue weighted by molar-refractivity contribution is 0.0892. The molecule has 1 aliphatic rings. The van der Waals surface area contributed by atoms with E-state index in [1.165, 1.54) is 30.5 Å². The van der Waals surface area contributed by atoms with Gasteiger partial charge in [-0.05, 0) is 50.1 Å². The first kappa shape index (κ1) is 19.9. The number of nitrogens with zero attached hydrogens (tertiary/aromatic N) is 2. The number of aryl methyl sites for hydroxylation is 1. The maximum Gasteiger partial charge on any atom is 0.270 e. The topological polar surface area (TPSA) is 88.3 Å². The van der Waals surface area contributed by atoms with Crippen LogP contribution in [0, 0.1) is 18.6 Å². The predicted molar refractivity (Wildman–Crippen MR) is 99.6 cm³/mol. The molecule has 1 unspecified atom stereocenters. The van der Waals surface area contributed by atoms with Gasteiger partial charge in [0.1, 0.15) is 17.3 Å². The van der Waals surface area contributed by atoms with E-state index in [1.54, 1.807) is 6.92 Å². The number of piperidine rings is 1. The van der Waals surface area contributed by atoms with Crippen molar-refractivity contribution < 1.29 is 18.4 Å². The summed E-state index contributed by atoms with van der Waals surface area (Å²) in [4.78, 5) is 29.7. The van der Waals surface area contributed by atoms with E-state index in [-0.39, 0.29) is 35.3 Å². The Morgan fingerprint density at radius 1 is 1.32 bits per heavy atom. The van der Waals surface area contributed by atoms with Crippen LogP contribution in [0.25, 0.3) is 0 Å². The van der Waals surface area contributed by atoms with Crippen LogP contribution in [0.2, 0.25) is 0 Å². The molecule has 3 N–H and O–H groups in total. The third-order valence-electron chi connectivity index (χ3n) is 4.89. The maximum absolute atomic E-state index is 13.9.